The highest BCUT2D eigenvalue weighted by Gasteiger charge is 2.32. The summed E-state index contributed by atoms with van der Waals surface area (Å²) in [5.41, 5.74) is 4.65. The van der Waals surface area contributed by atoms with E-state index in [4.69, 9.17) is 21.4 Å². The van der Waals surface area contributed by atoms with E-state index in [0.717, 1.165) is 22.5 Å². The lowest BCUT2D eigenvalue weighted by Gasteiger charge is -2.34. The Morgan fingerprint density at radius 3 is 2.22 bits per heavy atom. The van der Waals surface area contributed by atoms with Gasteiger partial charge in [0.05, 0.1) is 23.1 Å². The molecular formula is C28H33ClN4O3. The van der Waals surface area contributed by atoms with Crippen LogP contribution in [0.1, 0.15) is 66.7 Å². The first-order chi connectivity index (χ1) is 17.0. The number of amides is 2. The second kappa shape index (κ2) is 10.3. The minimum Gasteiger partial charge on any atom is -0.444 e. The molecule has 1 saturated heterocycles. The van der Waals surface area contributed by atoms with E-state index in [9.17, 15) is 9.59 Å². The largest absolute Gasteiger partial charge is 0.444 e. The van der Waals surface area contributed by atoms with E-state index in [0.29, 0.717) is 42.2 Å². The fraction of sp³-hybridized carbons (Fsp3) is 0.393. The maximum atomic E-state index is 13.4. The molecule has 4 rings (SSSR count). The van der Waals surface area contributed by atoms with Crippen molar-refractivity contribution in [3.05, 3.63) is 76.1 Å². The van der Waals surface area contributed by atoms with Gasteiger partial charge in [0, 0.05) is 29.7 Å². The molecule has 1 aliphatic rings. The van der Waals surface area contributed by atoms with Crippen LogP contribution < -0.4 is 5.32 Å². The molecule has 2 amide bonds. The van der Waals surface area contributed by atoms with Crippen molar-refractivity contribution in [1.29, 1.82) is 0 Å². The molecule has 0 aliphatic carbocycles. The van der Waals surface area contributed by atoms with Gasteiger partial charge >= 0.3 is 6.09 Å². The molecule has 190 valence electrons. The van der Waals surface area contributed by atoms with Gasteiger partial charge in [-0.2, -0.15) is 5.10 Å². The molecule has 1 aliphatic heterocycles. The summed E-state index contributed by atoms with van der Waals surface area (Å²) in [6.07, 6.45) is 2.76. The SMILES string of the molecule is Cc1cccc(C)c1-n1ncc(C(=O)Nc2ccc(Cl)cc2)c1C1CCN(C(=O)OC(C)(C)C)CC1. The molecule has 3 aromatic rings. The summed E-state index contributed by atoms with van der Waals surface area (Å²) >= 11 is 6.00. The van der Waals surface area contributed by atoms with Gasteiger partial charge in [-0.05, 0) is 82.9 Å². The number of piperidine rings is 1. The lowest BCUT2D eigenvalue weighted by Crippen LogP contribution is -2.41. The van der Waals surface area contributed by atoms with E-state index in [1.54, 1.807) is 35.4 Å². The number of anilines is 1. The van der Waals surface area contributed by atoms with Crippen LogP contribution in [0.25, 0.3) is 5.69 Å². The third-order valence-corrected chi connectivity index (χ3v) is 6.59. The van der Waals surface area contributed by atoms with Crippen molar-refractivity contribution in [2.24, 2.45) is 0 Å². The quantitative estimate of drug-likeness (QED) is 0.436. The second-order valence-corrected chi connectivity index (χ2v) is 10.7. The molecule has 0 spiro atoms. The summed E-state index contributed by atoms with van der Waals surface area (Å²) < 4.78 is 7.47. The average molecular weight is 509 g/mol. The number of benzene rings is 2. The van der Waals surface area contributed by atoms with Gasteiger partial charge < -0.3 is 15.0 Å². The number of aryl methyl sites for hydroxylation is 2. The highest BCUT2D eigenvalue weighted by Crippen LogP contribution is 2.34. The summed E-state index contributed by atoms with van der Waals surface area (Å²) in [5, 5.41) is 8.27. The van der Waals surface area contributed by atoms with Crippen LogP contribution in [0.2, 0.25) is 5.02 Å². The zero-order valence-corrected chi connectivity index (χ0v) is 22.2. The Morgan fingerprint density at radius 2 is 1.64 bits per heavy atom. The summed E-state index contributed by atoms with van der Waals surface area (Å²) in [6, 6.07) is 13.1. The number of para-hydroxylation sites is 1. The molecular weight excluding hydrogens is 476 g/mol. The lowest BCUT2D eigenvalue weighted by molar-refractivity contribution is 0.0203. The molecule has 0 radical (unpaired) electrons. The molecule has 1 aromatic heterocycles. The molecule has 1 fully saturated rings. The molecule has 0 bridgehead atoms. The minimum absolute atomic E-state index is 0.0520. The highest BCUT2D eigenvalue weighted by atomic mass is 35.5. The Bertz CT molecular complexity index is 1230. The number of hydrogen-bond acceptors (Lipinski definition) is 4. The first-order valence-corrected chi connectivity index (χ1v) is 12.6. The van der Waals surface area contributed by atoms with Crippen molar-refractivity contribution in [2.45, 2.75) is 59.0 Å². The standard InChI is InChI=1S/C28H33ClN4O3/c1-18-7-6-8-19(2)24(18)33-25(20-13-15-32(16-14-20)27(35)36-28(3,4)5)23(17-30-33)26(34)31-22-11-9-21(29)10-12-22/h6-12,17,20H,13-16H2,1-5H3,(H,31,34). The Morgan fingerprint density at radius 1 is 1.03 bits per heavy atom. The van der Waals surface area contributed by atoms with Crippen molar-refractivity contribution in [1.82, 2.24) is 14.7 Å². The van der Waals surface area contributed by atoms with Crippen LogP contribution in [0, 0.1) is 13.8 Å². The van der Waals surface area contributed by atoms with Crippen LogP contribution in [0.5, 0.6) is 0 Å². The lowest BCUT2D eigenvalue weighted by atomic mass is 9.90. The summed E-state index contributed by atoms with van der Waals surface area (Å²) in [5.74, 6) is -0.171. The topological polar surface area (TPSA) is 76.5 Å². The van der Waals surface area contributed by atoms with Gasteiger partial charge in [0.2, 0.25) is 0 Å². The number of nitrogens with zero attached hydrogens (tertiary/aromatic N) is 3. The van der Waals surface area contributed by atoms with Crippen molar-refractivity contribution < 1.29 is 14.3 Å². The molecule has 2 aromatic carbocycles. The van der Waals surface area contributed by atoms with Crippen molar-refractivity contribution in [3.8, 4) is 5.69 Å². The van der Waals surface area contributed by atoms with Crippen LogP contribution in [0.4, 0.5) is 10.5 Å². The van der Waals surface area contributed by atoms with E-state index in [2.05, 4.69) is 5.32 Å². The molecule has 36 heavy (non-hydrogen) atoms. The Balaban J connectivity index is 1.66. The van der Waals surface area contributed by atoms with Crippen LogP contribution in [0.15, 0.2) is 48.7 Å². The Labute approximate surface area is 217 Å². The van der Waals surface area contributed by atoms with Crippen molar-refractivity contribution in [3.63, 3.8) is 0 Å². The van der Waals surface area contributed by atoms with E-state index in [-0.39, 0.29) is 17.9 Å². The van der Waals surface area contributed by atoms with E-state index < -0.39 is 5.60 Å². The average Bonchev–Trinajstić information content (AvgIpc) is 3.24. The number of nitrogens with one attached hydrogen (secondary N) is 1. The fourth-order valence-electron chi connectivity index (χ4n) is 4.64. The summed E-state index contributed by atoms with van der Waals surface area (Å²) in [6.45, 7) is 10.8. The number of halogens is 1. The molecule has 2 heterocycles. The Hall–Kier alpha value is -3.32. The van der Waals surface area contributed by atoms with Gasteiger partial charge in [0.15, 0.2) is 0 Å². The number of ether oxygens (including phenoxy) is 1. The molecule has 0 unspecified atom stereocenters. The summed E-state index contributed by atoms with van der Waals surface area (Å²) in [7, 11) is 0. The zero-order chi connectivity index (χ0) is 26.0. The highest BCUT2D eigenvalue weighted by molar-refractivity contribution is 6.30. The number of carbonyl (C=O) groups excluding carboxylic acids is 2. The van der Waals surface area contributed by atoms with Crippen LogP contribution >= 0.6 is 11.6 Å². The molecule has 8 heteroatoms. The van der Waals surface area contributed by atoms with E-state index in [1.807, 2.05) is 57.5 Å². The number of likely N-dealkylation sites (tertiary alicyclic amines) is 1. The van der Waals surface area contributed by atoms with Gasteiger partial charge in [-0.15, -0.1) is 0 Å². The molecule has 1 N–H and O–H groups in total. The monoisotopic (exact) mass is 508 g/mol. The minimum atomic E-state index is -0.540. The third kappa shape index (κ3) is 5.73. The number of rotatable bonds is 4. The van der Waals surface area contributed by atoms with Crippen LogP contribution in [0.3, 0.4) is 0 Å². The molecule has 7 nitrogen and oxygen atoms in total. The van der Waals surface area contributed by atoms with Gasteiger partial charge in [-0.3, -0.25) is 4.79 Å². The van der Waals surface area contributed by atoms with Gasteiger partial charge in [0.25, 0.3) is 5.91 Å². The first kappa shape index (κ1) is 25.8. The number of carbonyl (C=O) groups is 2. The van der Waals surface area contributed by atoms with E-state index in [1.165, 1.54) is 0 Å². The maximum Gasteiger partial charge on any atom is 0.410 e. The van der Waals surface area contributed by atoms with Crippen LogP contribution in [-0.4, -0.2) is 45.4 Å². The number of aromatic nitrogens is 2. The first-order valence-electron chi connectivity index (χ1n) is 12.2. The predicted molar refractivity (Wildman–Crippen MR) is 142 cm³/mol. The zero-order valence-electron chi connectivity index (χ0n) is 21.5. The van der Waals surface area contributed by atoms with Crippen LogP contribution in [-0.2, 0) is 4.74 Å². The fourth-order valence-corrected chi connectivity index (χ4v) is 4.76. The second-order valence-electron chi connectivity index (χ2n) is 10.3. The summed E-state index contributed by atoms with van der Waals surface area (Å²) in [4.78, 5) is 27.8. The smallest absolute Gasteiger partial charge is 0.410 e. The third-order valence-electron chi connectivity index (χ3n) is 6.34. The van der Waals surface area contributed by atoms with E-state index >= 15 is 0 Å². The molecule has 0 atom stereocenters. The van der Waals surface area contributed by atoms with Gasteiger partial charge in [0.1, 0.15) is 5.60 Å². The normalized spacial score (nSPS) is 14.6. The predicted octanol–water partition coefficient (Wildman–Crippen LogP) is 6.51. The Kier molecular flexibility index (Phi) is 7.41. The van der Waals surface area contributed by atoms with Crippen molar-refractivity contribution >= 4 is 29.3 Å². The van der Waals surface area contributed by atoms with Gasteiger partial charge in [-0.1, -0.05) is 29.8 Å². The van der Waals surface area contributed by atoms with Crippen molar-refractivity contribution in [2.75, 3.05) is 18.4 Å². The number of hydrogen-bond donors (Lipinski definition) is 1. The molecule has 0 saturated carbocycles. The van der Waals surface area contributed by atoms with Gasteiger partial charge in [-0.25, -0.2) is 9.48 Å². The maximum absolute atomic E-state index is 13.4.